The van der Waals surface area contributed by atoms with Crippen molar-refractivity contribution >= 4 is 23.8 Å². The number of hydrogen-bond acceptors (Lipinski definition) is 7. The lowest BCUT2D eigenvalue weighted by atomic mass is 10.2. The molecular weight excluding hydrogens is 330 g/mol. The number of aliphatic imine (C=N–C) groups is 1. The van der Waals surface area contributed by atoms with E-state index in [-0.39, 0.29) is 11.9 Å². The van der Waals surface area contributed by atoms with Crippen molar-refractivity contribution in [3.05, 3.63) is 84.7 Å². The number of amides is 1. The molecule has 0 unspecified atom stereocenters. The van der Waals surface area contributed by atoms with Gasteiger partial charge in [-0.3, -0.25) is 20.5 Å². The van der Waals surface area contributed by atoms with Crippen molar-refractivity contribution in [3.8, 4) is 0 Å². The van der Waals surface area contributed by atoms with Gasteiger partial charge in [-0.2, -0.15) is 0 Å². The molecule has 0 spiro atoms. The average molecular weight is 347 g/mol. The van der Waals surface area contributed by atoms with Crippen LogP contribution in [0.5, 0.6) is 0 Å². The number of nitrogens with one attached hydrogen (secondary N) is 4. The summed E-state index contributed by atoms with van der Waals surface area (Å²) in [6.07, 6.45) is 9.89. The fourth-order valence-corrected chi connectivity index (χ4v) is 2.00. The minimum Gasteiger partial charge on any atom is -0.338 e. The summed E-state index contributed by atoms with van der Waals surface area (Å²) in [6, 6.07) is 8.88. The van der Waals surface area contributed by atoms with E-state index in [1.54, 1.807) is 61.2 Å². The van der Waals surface area contributed by atoms with Gasteiger partial charge in [-0.15, -0.1) is 0 Å². The molecule has 0 saturated heterocycles. The van der Waals surface area contributed by atoms with Crippen molar-refractivity contribution < 1.29 is 4.79 Å². The van der Waals surface area contributed by atoms with Gasteiger partial charge in [0.05, 0.1) is 23.8 Å². The summed E-state index contributed by atoms with van der Waals surface area (Å²) in [6.45, 7) is 3.77. The zero-order valence-corrected chi connectivity index (χ0v) is 13.8. The fourth-order valence-electron chi connectivity index (χ4n) is 2.00. The Bertz CT molecular complexity index is 870. The Kier molecular flexibility index (Phi) is 5.36. The van der Waals surface area contributed by atoms with E-state index in [0.29, 0.717) is 22.8 Å². The Morgan fingerprint density at radius 1 is 1.12 bits per heavy atom. The lowest BCUT2D eigenvalue weighted by Crippen LogP contribution is -2.30. The van der Waals surface area contributed by atoms with E-state index in [9.17, 15) is 4.79 Å². The second-order valence-corrected chi connectivity index (χ2v) is 5.19. The minimum absolute atomic E-state index is 0.222. The number of allylic oxidation sites excluding steroid dienone is 2. The zero-order chi connectivity index (χ0) is 18.2. The predicted octanol–water partition coefficient (Wildman–Crippen LogP) is 2.19. The first-order valence-corrected chi connectivity index (χ1v) is 7.77. The number of carbonyl (C=O) groups is 1. The lowest BCUT2D eigenvalue weighted by molar-refractivity contribution is 0.102. The molecule has 0 saturated carbocycles. The molecule has 4 N–H and O–H groups in total. The highest BCUT2D eigenvalue weighted by Gasteiger charge is 2.07. The number of benzene rings is 1. The Morgan fingerprint density at radius 2 is 1.88 bits per heavy atom. The van der Waals surface area contributed by atoms with E-state index in [1.807, 2.05) is 6.07 Å². The first-order chi connectivity index (χ1) is 12.7. The lowest BCUT2D eigenvalue weighted by Gasteiger charge is -2.12. The maximum Gasteiger partial charge on any atom is 0.258 e. The number of hydrogen-bond donors (Lipinski definition) is 4. The smallest absolute Gasteiger partial charge is 0.258 e. The monoisotopic (exact) mass is 347 g/mol. The van der Waals surface area contributed by atoms with Gasteiger partial charge in [0.2, 0.25) is 5.95 Å². The quantitative estimate of drug-likeness (QED) is 0.676. The first-order valence-electron chi connectivity index (χ1n) is 7.77. The van der Waals surface area contributed by atoms with Gasteiger partial charge < -0.3 is 10.7 Å². The minimum atomic E-state index is -0.264. The van der Waals surface area contributed by atoms with Crippen LogP contribution in [0, 0.1) is 0 Å². The van der Waals surface area contributed by atoms with Crippen LogP contribution in [0.2, 0.25) is 0 Å². The zero-order valence-electron chi connectivity index (χ0n) is 13.8. The van der Waals surface area contributed by atoms with Crippen molar-refractivity contribution in [2.24, 2.45) is 4.99 Å². The molecular formula is C18H17N7O. The van der Waals surface area contributed by atoms with Crippen LogP contribution in [-0.4, -0.2) is 22.1 Å². The highest BCUT2D eigenvalue weighted by atomic mass is 16.1. The Morgan fingerprint density at radius 3 is 2.65 bits per heavy atom. The molecule has 8 nitrogen and oxygen atoms in total. The van der Waals surface area contributed by atoms with Gasteiger partial charge in [-0.1, -0.05) is 24.8 Å². The van der Waals surface area contributed by atoms with Crippen molar-refractivity contribution in [3.63, 3.8) is 0 Å². The van der Waals surface area contributed by atoms with Crippen LogP contribution in [0.4, 0.5) is 11.6 Å². The third kappa shape index (κ3) is 4.78. The third-order valence-electron chi connectivity index (χ3n) is 3.24. The summed E-state index contributed by atoms with van der Waals surface area (Å²) in [7, 11) is 0. The molecule has 1 aromatic heterocycles. The third-order valence-corrected chi connectivity index (χ3v) is 3.24. The van der Waals surface area contributed by atoms with Crippen molar-refractivity contribution in [2.75, 3.05) is 10.6 Å². The maximum absolute atomic E-state index is 12.1. The van der Waals surface area contributed by atoms with Crippen molar-refractivity contribution in [1.82, 2.24) is 20.8 Å². The van der Waals surface area contributed by atoms with Gasteiger partial charge >= 0.3 is 0 Å². The number of aromatic nitrogens is 2. The van der Waals surface area contributed by atoms with E-state index in [1.165, 1.54) is 0 Å². The molecule has 3 rings (SSSR count). The van der Waals surface area contributed by atoms with Crippen LogP contribution in [0.15, 0.2) is 84.2 Å². The molecule has 1 aliphatic heterocycles. The van der Waals surface area contributed by atoms with Crippen LogP contribution < -0.4 is 21.5 Å². The molecule has 1 aromatic carbocycles. The standard InChI is InChI=1S/C18H17N7O/c1-13-7-10-22-25-16(8-9-19-13)23-15-11-20-18(21-12-15)24-17(26)14-5-3-2-4-6-14/h2-12,22-23,25H,1H2,(H,20,21,24,26)/b10-7-,16-8-,19-9?. The molecule has 2 aromatic rings. The van der Waals surface area contributed by atoms with E-state index in [0.717, 1.165) is 0 Å². The SMILES string of the molecule is C=C1/C=C\NN/C(Nc2cnc(NC(=O)c3ccccc3)nc2)=C\C=N1. The van der Waals surface area contributed by atoms with Crippen LogP contribution in [-0.2, 0) is 0 Å². The topological polar surface area (TPSA) is 103 Å². The number of carbonyl (C=O) groups excluding carboxylic acids is 1. The molecule has 0 aliphatic carbocycles. The van der Waals surface area contributed by atoms with E-state index >= 15 is 0 Å². The molecule has 0 fully saturated rings. The second kappa shape index (κ2) is 8.25. The first kappa shape index (κ1) is 16.9. The summed E-state index contributed by atoms with van der Waals surface area (Å²) < 4.78 is 0. The highest BCUT2D eigenvalue weighted by Crippen LogP contribution is 2.09. The van der Waals surface area contributed by atoms with Crippen LogP contribution in [0.1, 0.15) is 10.4 Å². The van der Waals surface area contributed by atoms with Crippen LogP contribution in [0.25, 0.3) is 0 Å². The number of anilines is 2. The maximum atomic E-state index is 12.1. The molecule has 0 bridgehead atoms. The van der Waals surface area contributed by atoms with Gasteiger partial charge in [-0.05, 0) is 24.3 Å². The molecule has 130 valence electrons. The van der Waals surface area contributed by atoms with E-state index < -0.39 is 0 Å². The van der Waals surface area contributed by atoms with Crippen LogP contribution >= 0.6 is 0 Å². The molecule has 2 heterocycles. The van der Waals surface area contributed by atoms with Crippen molar-refractivity contribution in [1.29, 1.82) is 0 Å². The average Bonchev–Trinajstić information content (AvgIpc) is 2.76. The van der Waals surface area contributed by atoms with Crippen molar-refractivity contribution in [2.45, 2.75) is 0 Å². The fraction of sp³-hybridized carbons (Fsp3) is 0. The summed E-state index contributed by atoms with van der Waals surface area (Å²) in [5.41, 5.74) is 7.64. The summed E-state index contributed by atoms with van der Waals surface area (Å²) in [5, 5.41) is 5.75. The Hall–Kier alpha value is -3.94. The van der Waals surface area contributed by atoms with Gasteiger partial charge in [0.25, 0.3) is 5.91 Å². The normalized spacial score (nSPS) is 16.6. The molecule has 26 heavy (non-hydrogen) atoms. The largest absolute Gasteiger partial charge is 0.338 e. The van der Waals surface area contributed by atoms with Gasteiger partial charge in [-0.25, -0.2) is 9.97 Å². The van der Waals surface area contributed by atoms with Crippen LogP contribution in [0.3, 0.4) is 0 Å². The number of rotatable bonds is 4. The highest BCUT2D eigenvalue weighted by molar-refractivity contribution is 6.03. The molecule has 1 aliphatic rings. The van der Waals surface area contributed by atoms with Gasteiger partial charge in [0.15, 0.2) is 0 Å². The predicted molar refractivity (Wildman–Crippen MR) is 101 cm³/mol. The number of nitrogens with zero attached hydrogens (tertiary/aromatic N) is 3. The number of hydrazine groups is 1. The Balaban J connectivity index is 1.63. The molecule has 8 heteroatoms. The summed E-state index contributed by atoms with van der Waals surface area (Å²) in [4.78, 5) is 24.5. The van der Waals surface area contributed by atoms with E-state index in [2.05, 4.69) is 43.0 Å². The molecule has 0 atom stereocenters. The second-order valence-electron chi connectivity index (χ2n) is 5.19. The van der Waals surface area contributed by atoms with E-state index in [4.69, 9.17) is 0 Å². The molecule has 0 radical (unpaired) electrons. The Labute approximate surface area is 150 Å². The molecule has 1 amide bonds. The summed E-state index contributed by atoms with van der Waals surface area (Å²) in [5.74, 6) is 0.594. The summed E-state index contributed by atoms with van der Waals surface area (Å²) >= 11 is 0. The van der Waals surface area contributed by atoms with Gasteiger partial charge in [0.1, 0.15) is 5.82 Å². The van der Waals surface area contributed by atoms with Gasteiger partial charge in [0, 0.05) is 18.0 Å².